The molecule has 0 unspecified atom stereocenters. The average Bonchev–Trinajstić information content (AvgIpc) is 3.77. The summed E-state index contributed by atoms with van der Waals surface area (Å²) in [5.74, 6) is -1.44. The van der Waals surface area contributed by atoms with E-state index in [1.54, 1.807) is 24.4 Å². The molecular weight excluding hydrogens is 854 g/mol. The zero-order chi connectivity index (χ0) is 45.2. The fraction of sp³-hybridized carbons (Fsp3) is 0.375. The molecule has 8 rings (SSSR count). The summed E-state index contributed by atoms with van der Waals surface area (Å²) in [5.41, 5.74) is 5.90. The van der Waals surface area contributed by atoms with E-state index in [0.29, 0.717) is 51.1 Å². The highest BCUT2D eigenvalue weighted by atomic mass is 35.5. The Morgan fingerprint density at radius 2 is 1.73 bits per heavy atom. The highest BCUT2D eigenvalue weighted by Gasteiger charge is 2.32. The molecule has 2 amide bonds. The molecule has 2 heterocycles. The molecule has 1 saturated heterocycles. The lowest BCUT2D eigenvalue weighted by Gasteiger charge is -2.39. The first-order valence-corrected chi connectivity index (χ1v) is 23.5. The van der Waals surface area contributed by atoms with Crippen LogP contribution in [0.4, 0.5) is 17.1 Å². The Labute approximate surface area is 378 Å². The van der Waals surface area contributed by atoms with Crippen molar-refractivity contribution in [3.05, 3.63) is 122 Å². The number of allylic oxidation sites excluding steroid dienone is 1. The average molecular weight is 904 g/mol. The van der Waals surface area contributed by atoms with Crippen LogP contribution in [0.2, 0.25) is 5.02 Å². The quantitative estimate of drug-likeness (QED) is 0.103. The first-order chi connectivity index (χ1) is 30.7. The summed E-state index contributed by atoms with van der Waals surface area (Å²) in [6.45, 7) is 9.03. The summed E-state index contributed by atoms with van der Waals surface area (Å²) in [6, 6.07) is 24.0. The van der Waals surface area contributed by atoms with Gasteiger partial charge in [0, 0.05) is 79.2 Å². The van der Waals surface area contributed by atoms with E-state index in [9.17, 15) is 33.4 Å². The third-order valence-corrected chi connectivity index (χ3v) is 14.4. The molecule has 14 nitrogen and oxygen atoms in total. The normalized spacial score (nSPS) is 19.7. The second-order valence-corrected chi connectivity index (χ2v) is 19.9. The van der Waals surface area contributed by atoms with Gasteiger partial charge in [0.2, 0.25) is 5.91 Å². The van der Waals surface area contributed by atoms with Gasteiger partial charge in [0.1, 0.15) is 17.2 Å². The molecule has 0 atom stereocenters. The van der Waals surface area contributed by atoms with Gasteiger partial charge in [-0.1, -0.05) is 55.3 Å². The van der Waals surface area contributed by atoms with Crippen molar-refractivity contribution in [3.63, 3.8) is 0 Å². The van der Waals surface area contributed by atoms with Crippen molar-refractivity contribution >= 4 is 62.3 Å². The summed E-state index contributed by atoms with van der Waals surface area (Å²) in [6.07, 6.45) is 6.89. The van der Waals surface area contributed by atoms with E-state index in [0.717, 1.165) is 78.9 Å². The number of nitrogens with zero attached hydrogens (tertiary/aromatic N) is 5. The van der Waals surface area contributed by atoms with Gasteiger partial charge in [0.25, 0.3) is 21.6 Å². The Morgan fingerprint density at radius 3 is 2.45 bits per heavy atom. The molecule has 0 aromatic heterocycles. The van der Waals surface area contributed by atoms with Gasteiger partial charge in [-0.05, 0) is 110 Å². The maximum Gasteiger partial charge on any atom is 0.294 e. The maximum absolute atomic E-state index is 14.0. The number of rotatable bonds is 12. The molecular formula is C48H50ClN7O7S. The van der Waals surface area contributed by atoms with Crippen LogP contribution in [-0.2, 0) is 21.4 Å². The van der Waals surface area contributed by atoms with Gasteiger partial charge in [0.05, 0.1) is 28.0 Å². The lowest BCUT2D eigenvalue weighted by molar-refractivity contribution is -0.384. The minimum atomic E-state index is -4.67. The molecule has 4 aromatic carbocycles. The lowest BCUT2D eigenvalue weighted by atomic mass is 9.72. The number of nitrogens with one attached hydrogen (secondary N) is 2. The Kier molecular flexibility index (Phi) is 12.9. The Hall–Kier alpha value is -6.08. The molecule has 2 N–H and O–H groups in total. The van der Waals surface area contributed by atoms with Gasteiger partial charge >= 0.3 is 0 Å². The van der Waals surface area contributed by atoms with Crippen molar-refractivity contribution in [3.8, 4) is 17.6 Å². The van der Waals surface area contributed by atoms with E-state index in [4.69, 9.17) is 16.3 Å². The van der Waals surface area contributed by atoms with Crippen LogP contribution in [0, 0.1) is 38.7 Å². The van der Waals surface area contributed by atoms with Crippen molar-refractivity contribution in [2.75, 3.05) is 42.9 Å². The molecule has 2 aliphatic carbocycles. The summed E-state index contributed by atoms with van der Waals surface area (Å²) in [7, 11) is -4.67. The van der Waals surface area contributed by atoms with Gasteiger partial charge in [-0.15, -0.1) is 0 Å². The third-order valence-electron chi connectivity index (χ3n) is 12.8. The van der Waals surface area contributed by atoms with Crippen LogP contribution in [0.25, 0.3) is 5.57 Å². The SMILES string of the molecule is CC1(C)CCC(CN2CCN(c3ccc(C(=O)NS(=O)(=O)c4ccc(NC(=O)C5CCC(C#N)CC5)c([N+](=O)[O-])c4)c(Oc4cccc5c4C=NC5)c3)CC2)=C(c2ccc(Cl)cc2)C1. The van der Waals surface area contributed by atoms with Crippen LogP contribution in [-0.4, -0.2) is 69.0 Å². The first-order valence-electron chi connectivity index (χ1n) is 21.6. The predicted octanol–water partition coefficient (Wildman–Crippen LogP) is 9.15. The number of anilines is 2. The number of carbonyl (C=O) groups is 2. The standard InChI is InChI=1S/C48H50ClN7O7S/c1-48(2)19-18-35(40(26-48)32-10-12-36(49)13-11-32)30-54-20-22-55(23-21-54)37-14-16-39(45(24-37)63-44-5-3-4-34-28-51-29-41(34)44)47(58)53-64(61,62)38-15-17-42(43(25-38)56(59)60)52-46(57)33-8-6-31(27-50)7-9-33/h3-5,10-17,24-25,29,31,33H,6-9,18-23,26,28,30H2,1-2H3,(H,52,57)(H,53,58). The van der Waals surface area contributed by atoms with Crippen LogP contribution in [0.1, 0.15) is 85.8 Å². The molecule has 16 heteroatoms. The lowest BCUT2D eigenvalue weighted by Crippen LogP contribution is -2.47. The molecule has 2 aliphatic heterocycles. The fourth-order valence-electron chi connectivity index (χ4n) is 9.09. The topological polar surface area (TPSA) is 187 Å². The second-order valence-electron chi connectivity index (χ2n) is 17.8. The number of fused-ring (bicyclic) bond motifs is 1. The first kappa shape index (κ1) is 44.5. The minimum absolute atomic E-state index is 0.0649. The Balaban J connectivity index is 1.00. The largest absolute Gasteiger partial charge is 0.456 e. The monoisotopic (exact) mass is 903 g/mol. The number of hydrogen-bond acceptors (Lipinski definition) is 11. The van der Waals surface area contributed by atoms with Crippen LogP contribution in [0.5, 0.6) is 11.5 Å². The number of nitriles is 1. The molecule has 0 radical (unpaired) electrons. The number of benzene rings is 4. The smallest absolute Gasteiger partial charge is 0.294 e. The molecule has 0 spiro atoms. The summed E-state index contributed by atoms with van der Waals surface area (Å²) < 4.78 is 36.0. The molecule has 4 aliphatic rings. The van der Waals surface area contributed by atoms with Crippen molar-refractivity contribution in [2.45, 2.75) is 70.2 Å². The van der Waals surface area contributed by atoms with Gasteiger partial charge in [0.15, 0.2) is 0 Å². The van der Waals surface area contributed by atoms with E-state index < -0.39 is 43.3 Å². The minimum Gasteiger partial charge on any atom is -0.456 e. The van der Waals surface area contributed by atoms with E-state index in [2.05, 4.69) is 56.9 Å². The van der Waals surface area contributed by atoms with Crippen LogP contribution >= 0.6 is 11.6 Å². The van der Waals surface area contributed by atoms with Crippen LogP contribution < -0.4 is 19.7 Å². The Bertz CT molecular complexity index is 2700. The van der Waals surface area contributed by atoms with E-state index in [1.807, 2.05) is 24.3 Å². The number of piperazine rings is 1. The van der Waals surface area contributed by atoms with Crippen molar-refractivity contribution < 1.29 is 27.7 Å². The zero-order valence-electron chi connectivity index (χ0n) is 35.8. The number of ether oxygens (including phenoxy) is 1. The fourth-order valence-corrected chi connectivity index (χ4v) is 10.2. The number of aliphatic imine (C=N–C) groups is 1. The van der Waals surface area contributed by atoms with Gasteiger partial charge in [-0.25, -0.2) is 13.1 Å². The molecule has 332 valence electrons. The van der Waals surface area contributed by atoms with E-state index >= 15 is 0 Å². The second kappa shape index (κ2) is 18.6. The number of carbonyl (C=O) groups excluding carboxylic acids is 2. The molecule has 4 aromatic rings. The number of nitro groups is 1. The zero-order valence-corrected chi connectivity index (χ0v) is 37.4. The number of sulfonamides is 1. The summed E-state index contributed by atoms with van der Waals surface area (Å²) in [4.78, 5) is 46.9. The highest BCUT2D eigenvalue weighted by molar-refractivity contribution is 7.90. The third kappa shape index (κ3) is 9.99. The predicted molar refractivity (Wildman–Crippen MR) is 246 cm³/mol. The van der Waals surface area contributed by atoms with Gasteiger partial charge in [-0.3, -0.25) is 29.6 Å². The van der Waals surface area contributed by atoms with Crippen LogP contribution in [0.15, 0.2) is 94.3 Å². The number of amides is 2. The van der Waals surface area contributed by atoms with Crippen molar-refractivity contribution in [1.82, 2.24) is 9.62 Å². The molecule has 1 saturated carbocycles. The molecule has 0 bridgehead atoms. The highest BCUT2D eigenvalue weighted by Crippen LogP contribution is 2.44. The molecule has 64 heavy (non-hydrogen) atoms. The van der Waals surface area contributed by atoms with Gasteiger partial charge in [-0.2, -0.15) is 5.26 Å². The molecule has 2 fully saturated rings. The van der Waals surface area contributed by atoms with E-state index in [-0.39, 0.29) is 28.3 Å². The van der Waals surface area contributed by atoms with Crippen molar-refractivity contribution in [2.24, 2.45) is 22.2 Å². The Morgan fingerprint density at radius 1 is 0.984 bits per heavy atom. The number of nitro benzene ring substituents is 1. The van der Waals surface area contributed by atoms with Crippen molar-refractivity contribution in [1.29, 1.82) is 5.26 Å². The van der Waals surface area contributed by atoms with E-state index in [1.165, 1.54) is 22.8 Å². The number of halogens is 1. The van der Waals surface area contributed by atoms with Crippen LogP contribution in [0.3, 0.4) is 0 Å². The van der Waals surface area contributed by atoms with Gasteiger partial charge < -0.3 is 15.0 Å². The summed E-state index contributed by atoms with van der Waals surface area (Å²) in [5, 5.41) is 24.6. The number of hydrogen-bond donors (Lipinski definition) is 2. The summed E-state index contributed by atoms with van der Waals surface area (Å²) >= 11 is 6.24. The maximum atomic E-state index is 14.0.